The van der Waals surface area contributed by atoms with Crippen molar-refractivity contribution < 1.29 is 4.79 Å². The SMILES string of the molecule is CCCCC(=O)NCCc1csc(-c2ccncc2)n1. The summed E-state index contributed by atoms with van der Waals surface area (Å²) in [5, 5.41) is 5.98. The van der Waals surface area contributed by atoms with Crippen molar-refractivity contribution in [1.29, 1.82) is 0 Å². The first-order valence-corrected chi connectivity index (χ1v) is 7.79. The molecule has 2 aromatic heterocycles. The number of aromatic nitrogens is 2. The second kappa shape index (κ2) is 7.75. The molecule has 106 valence electrons. The third kappa shape index (κ3) is 4.42. The normalized spacial score (nSPS) is 10.4. The maximum atomic E-state index is 11.5. The van der Waals surface area contributed by atoms with Crippen LogP contribution in [0.25, 0.3) is 10.6 Å². The van der Waals surface area contributed by atoms with Crippen molar-refractivity contribution in [2.75, 3.05) is 6.54 Å². The zero-order valence-electron chi connectivity index (χ0n) is 11.6. The number of hydrogen-bond donors (Lipinski definition) is 1. The molecule has 1 amide bonds. The summed E-state index contributed by atoms with van der Waals surface area (Å²) in [6.07, 6.45) is 6.94. The Morgan fingerprint density at radius 3 is 2.90 bits per heavy atom. The lowest BCUT2D eigenvalue weighted by Crippen LogP contribution is -2.25. The fourth-order valence-corrected chi connectivity index (χ4v) is 2.66. The molecule has 0 aliphatic carbocycles. The van der Waals surface area contributed by atoms with Crippen molar-refractivity contribution in [2.45, 2.75) is 32.6 Å². The van der Waals surface area contributed by atoms with Crippen LogP contribution < -0.4 is 5.32 Å². The standard InChI is InChI=1S/C15H19N3OS/c1-2-3-4-14(19)17-10-7-13-11-20-15(18-13)12-5-8-16-9-6-12/h5-6,8-9,11H,2-4,7,10H2,1H3,(H,17,19). The van der Waals surface area contributed by atoms with Gasteiger partial charge in [0.2, 0.25) is 5.91 Å². The van der Waals surface area contributed by atoms with Crippen LogP contribution in [0.15, 0.2) is 29.9 Å². The number of pyridine rings is 1. The second-order valence-electron chi connectivity index (χ2n) is 4.58. The van der Waals surface area contributed by atoms with E-state index in [4.69, 9.17) is 0 Å². The Labute approximate surface area is 123 Å². The van der Waals surface area contributed by atoms with Gasteiger partial charge in [-0.2, -0.15) is 0 Å². The monoisotopic (exact) mass is 289 g/mol. The Morgan fingerprint density at radius 1 is 1.35 bits per heavy atom. The average molecular weight is 289 g/mol. The van der Waals surface area contributed by atoms with Crippen molar-refractivity contribution >= 4 is 17.2 Å². The lowest BCUT2D eigenvalue weighted by Gasteiger charge is -2.02. The van der Waals surface area contributed by atoms with E-state index in [-0.39, 0.29) is 5.91 Å². The van der Waals surface area contributed by atoms with Crippen LogP contribution in [0.4, 0.5) is 0 Å². The molecule has 0 bridgehead atoms. The molecule has 5 heteroatoms. The second-order valence-corrected chi connectivity index (χ2v) is 5.44. The molecule has 1 N–H and O–H groups in total. The molecule has 0 fully saturated rings. The van der Waals surface area contributed by atoms with E-state index >= 15 is 0 Å². The van der Waals surface area contributed by atoms with E-state index in [0.717, 1.165) is 35.5 Å². The minimum Gasteiger partial charge on any atom is -0.356 e. The summed E-state index contributed by atoms with van der Waals surface area (Å²) in [6, 6.07) is 3.91. The van der Waals surface area contributed by atoms with Crippen LogP contribution in [0.5, 0.6) is 0 Å². The summed E-state index contributed by atoms with van der Waals surface area (Å²) in [7, 11) is 0. The zero-order valence-corrected chi connectivity index (χ0v) is 12.4. The molecule has 2 heterocycles. The highest BCUT2D eigenvalue weighted by Crippen LogP contribution is 2.22. The van der Waals surface area contributed by atoms with Gasteiger partial charge in [0.25, 0.3) is 0 Å². The minimum absolute atomic E-state index is 0.136. The average Bonchev–Trinajstić information content (AvgIpc) is 2.95. The van der Waals surface area contributed by atoms with E-state index in [1.807, 2.05) is 17.5 Å². The maximum absolute atomic E-state index is 11.5. The highest BCUT2D eigenvalue weighted by molar-refractivity contribution is 7.13. The Bertz CT molecular complexity index is 539. The molecule has 4 nitrogen and oxygen atoms in total. The lowest BCUT2D eigenvalue weighted by molar-refractivity contribution is -0.121. The number of nitrogens with one attached hydrogen (secondary N) is 1. The number of hydrogen-bond acceptors (Lipinski definition) is 4. The fraction of sp³-hybridized carbons (Fsp3) is 0.400. The Kier molecular flexibility index (Phi) is 5.68. The minimum atomic E-state index is 0.136. The molecular weight excluding hydrogens is 270 g/mol. The van der Waals surface area contributed by atoms with Gasteiger partial charge >= 0.3 is 0 Å². The number of unbranched alkanes of at least 4 members (excludes halogenated alkanes) is 1. The van der Waals surface area contributed by atoms with Gasteiger partial charge < -0.3 is 5.32 Å². The molecule has 0 radical (unpaired) electrons. The summed E-state index contributed by atoms with van der Waals surface area (Å²) < 4.78 is 0. The number of rotatable bonds is 7. The predicted molar refractivity (Wildman–Crippen MR) is 81.6 cm³/mol. The van der Waals surface area contributed by atoms with E-state index in [9.17, 15) is 4.79 Å². The zero-order chi connectivity index (χ0) is 14.2. The van der Waals surface area contributed by atoms with E-state index in [1.165, 1.54) is 0 Å². The highest BCUT2D eigenvalue weighted by Gasteiger charge is 2.05. The number of carbonyl (C=O) groups is 1. The van der Waals surface area contributed by atoms with E-state index in [0.29, 0.717) is 13.0 Å². The summed E-state index contributed by atoms with van der Waals surface area (Å²) in [6.45, 7) is 2.74. The molecule has 0 aliphatic heterocycles. The van der Waals surface area contributed by atoms with Gasteiger partial charge in [0, 0.05) is 42.7 Å². The van der Waals surface area contributed by atoms with Gasteiger partial charge in [0.05, 0.1) is 5.69 Å². The summed E-state index contributed by atoms with van der Waals surface area (Å²) in [4.78, 5) is 20.1. The van der Waals surface area contributed by atoms with Gasteiger partial charge in [-0.05, 0) is 18.6 Å². The van der Waals surface area contributed by atoms with Crippen molar-refractivity contribution in [1.82, 2.24) is 15.3 Å². The highest BCUT2D eigenvalue weighted by atomic mass is 32.1. The van der Waals surface area contributed by atoms with E-state index < -0.39 is 0 Å². The van der Waals surface area contributed by atoms with Gasteiger partial charge in [-0.25, -0.2) is 4.98 Å². The fourth-order valence-electron chi connectivity index (χ4n) is 1.80. The number of carbonyl (C=O) groups excluding carboxylic acids is 1. The molecule has 0 spiro atoms. The first-order chi connectivity index (χ1) is 9.79. The van der Waals surface area contributed by atoms with Crippen molar-refractivity contribution in [3.63, 3.8) is 0 Å². The number of thiazole rings is 1. The molecule has 0 unspecified atom stereocenters. The Balaban J connectivity index is 1.80. The number of nitrogens with zero attached hydrogens (tertiary/aromatic N) is 2. The molecule has 0 saturated carbocycles. The smallest absolute Gasteiger partial charge is 0.220 e. The van der Waals surface area contributed by atoms with Gasteiger partial charge in [-0.3, -0.25) is 9.78 Å². The summed E-state index contributed by atoms with van der Waals surface area (Å²) in [5.74, 6) is 0.136. The topological polar surface area (TPSA) is 54.9 Å². The van der Waals surface area contributed by atoms with Crippen molar-refractivity contribution in [2.24, 2.45) is 0 Å². The molecule has 0 aromatic carbocycles. The number of amides is 1. The van der Waals surface area contributed by atoms with Crippen LogP contribution in [0, 0.1) is 0 Å². The predicted octanol–water partition coefficient (Wildman–Crippen LogP) is 3.05. The van der Waals surface area contributed by atoms with E-state index in [1.54, 1.807) is 23.7 Å². The third-order valence-electron chi connectivity index (χ3n) is 2.94. The van der Waals surface area contributed by atoms with Crippen molar-refractivity contribution in [3.8, 4) is 10.6 Å². The van der Waals surface area contributed by atoms with Crippen LogP contribution in [0.3, 0.4) is 0 Å². The lowest BCUT2D eigenvalue weighted by atomic mass is 10.2. The quantitative estimate of drug-likeness (QED) is 0.852. The van der Waals surface area contributed by atoms with E-state index in [2.05, 4.69) is 22.2 Å². The first kappa shape index (κ1) is 14.7. The van der Waals surface area contributed by atoms with Gasteiger partial charge in [0.15, 0.2) is 0 Å². The summed E-state index contributed by atoms with van der Waals surface area (Å²) in [5.41, 5.74) is 2.11. The molecule has 0 atom stereocenters. The van der Waals surface area contributed by atoms with Crippen LogP contribution in [0.2, 0.25) is 0 Å². The molecule has 2 rings (SSSR count). The van der Waals surface area contributed by atoms with Crippen LogP contribution >= 0.6 is 11.3 Å². The Morgan fingerprint density at radius 2 is 2.15 bits per heavy atom. The molecular formula is C15H19N3OS. The summed E-state index contributed by atoms with van der Waals surface area (Å²) >= 11 is 1.62. The van der Waals surface area contributed by atoms with Gasteiger partial charge in [0.1, 0.15) is 5.01 Å². The van der Waals surface area contributed by atoms with Gasteiger partial charge in [-0.1, -0.05) is 13.3 Å². The first-order valence-electron chi connectivity index (χ1n) is 6.91. The molecule has 20 heavy (non-hydrogen) atoms. The largest absolute Gasteiger partial charge is 0.356 e. The molecule has 0 aliphatic rings. The third-order valence-corrected chi connectivity index (χ3v) is 3.88. The van der Waals surface area contributed by atoms with Crippen LogP contribution in [-0.4, -0.2) is 22.4 Å². The van der Waals surface area contributed by atoms with Crippen LogP contribution in [0.1, 0.15) is 31.9 Å². The maximum Gasteiger partial charge on any atom is 0.220 e. The van der Waals surface area contributed by atoms with Gasteiger partial charge in [-0.15, -0.1) is 11.3 Å². The molecule has 2 aromatic rings. The van der Waals surface area contributed by atoms with Crippen LogP contribution in [-0.2, 0) is 11.2 Å². The Hall–Kier alpha value is -1.75. The molecule has 0 saturated heterocycles. The van der Waals surface area contributed by atoms with Crippen molar-refractivity contribution in [3.05, 3.63) is 35.6 Å².